The zero-order valence-electron chi connectivity index (χ0n) is 10.3. The van der Waals surface area contributed by atoms with Crippen molar-refractivity contribution in [1.82, 2.24) is 0 Å². The Morgan fingerprint density at radius 3 is 2.18 bits per heavy atom. The molecule has 1 rings (SSSR count). The van der Waals surface area contributed by atoms with Crippen molar-refractivity contribution in [3.05, 3.63) is 29.8 Å². The number of rotatable bonds is 4. The van der Waals surface area contributed by atoms with Gasteiger partial charge in [0.1, 0.15) is 0 Å². The molecule has 0 N–H and O–H groups in total. The van der Waals surface area contributed by atoms with Crippen LogP contribution >= 0.6 is 0 Å². The molecule has 0 saturated heterocycles. The average Bonchev–Trinajstić information content (AvgIpc) is 2.31. The molecule has 17 heavy (non-hydrogen) atoms. The summed E-state index contributed by atoms with van der Waals surface area (Å²) in [6.07, 6.45) is -4.29. The van der Waals surface area contributed by atoms with Gasteiger partial charge in [0.05, 0.1) is 5.56 Å². The summed E-state index contributed by atoms with van der Waals surface area (Å²) in [6, 6.07) is 7.11. The van der Waals surface area contributed by atoms with E-state index >= 15 is 0 Å². The molecule has 0 atom stereocenters. The molecule has 1 nitrogen and oxygen atoms in total. The lowest BCUT2D eigenvalue weighted by molar-refractivity contribution is -0.137. The number of hydrogen-bond donors (Lipinski definition) is 0. The van der Waals surface area contributed by atoms with Gasteiger partial charge in [-0.05, 0) is 23.3 Å². The summed E-state index contributed by atoms with van der Waals surface area (Å²) in [7, 11) is -0.607. The highest BCUT2D eigenvalue weighted by Gasteiger charge is 2.36. The maximum absolute atomic E-state index is 12.6. The summed E-state index contributed by atoms with van der Waals surface area (Å²) in [5, 5.41) is 0.722. The first kappa shape index (κ1) is 14.2. The van der Waals surface area contributed by atoms with Gasteiger partial charge >= 0.3 is 6.18 Å². The second-order valence-corrected chi connectivity index (χ2v) is 8.37. The van der Waals surface area contributed by atoms with E-state index in [9.17, 15) is 13.2 Å². The van der Waals surface area contributed by atoms with Crippen LogP contribution in [-0.2, 0) is 10.6 Å². The van der Waals surface area contributed by atoms with Crippen LogP contribution in [0.1, 0.15) is 19.4 Å². The van der Waals surface area contributed by atoms with Gasteiger partial charge < -0.3 is 4.43 Å². The largest absolute Gasteiger partial charge is 0.416 e. The summed E-state index contributed by atoms with van der Waals surface area (Å²) in [6.45, 7) is 3.94. The summed E-state index contributed by atoms with van der Waals surface area (Å²) < 4.78 is 43.5. The van der Waals surface area contributed by atoms with Crippen molar-refractivity contribution in [2.24, 2.45) is 0 Å². The first-order chi connectivity index (χ1) is 7.89. The fourth-order valence-corrected chi connectivity index (χ4v) is 4.99. The standard InChI is InChI=1S/C12H17F3OSi/c1-4-17(5-2,16-3)11-8-6-7-10(9-11)12(13,14)15/h6-9H,4-5H2,1-3H3. The van der Waals surface area contributed by atoms with E-state index < -0.39 is 20.1 Å². The topological polar surface area (TPSA) is 9.23 Å². The fraction of sp³-hybridized carbons (Fsp3) is 0.500. The molecular weight excluding hydrogens is 245 g/mol. The molecule has 0 aliphatic rings. The second kappa shape index (κ2) is 5.22. The molecule has 5 heteroatoms. The Bertz CT molecular complexity index is 364. The van der Waals surface area contributed by atoms with Crippen molar-refractivity contribution in [2.45, 2.75) is 32.1 Å². The molecule has 0 aliphatic heterocycles. The quantitative estimate of drug-likeness (QED) is 0.754. The molecule has 0 fully saturated rings. The number of benzene rings is 1. The first-order valence-electron chi connectivity index (χ1n) is 5.62. The molecule has 1 aromatic rings. The number of hydrogen-bond acceptors (Lipinski definition) is 1. The Hall–Kier alpha value is -0.813. The highest BCUT2D eigenvalue weighted by molar-refractivity contribution is 6.86. The summed E-state index contributed by atoms with van der Waals surface area (Å²) >= 11 is 0. The first-order valence-corrected chi connectivity index (χ1v) is 7.94. The Morgan fingerprint density at radius 2 is 1.76 bits per heavy atom. The van der Waals surface area contributed by atoms with Gasteiger partial charge in [0.25, 0.3) is 0 Å². The van der Waals surface area contributed by atoms with E-state index in [1.807, 2.05) is 13.8 Å². The van der Waals surface area contributed by atoms with Crippen molar-refractivity contribution < 1.29 is 17.6 Å². The maximum atomic E-state index is 12.6. The van der Waals surface area contributed by atoms with Crippen molar-refractivity contribution in [1.29, 1.82) is 0 Å². The molecule has 0 amide bonds. The minimum absolute atomic E-state index is 0.592. The average molecular weight is 262 g/mol. The Morgan fingerprint density at radius 1 is 1.18 bits per heavy atom. The normalized spacial score (nSPS) is 12.8. The van der Waals surface area contributed by atoms with Crippen LogP contribution in [-0.4, -0.2) is 15.4 Å². The molecule has 0 spiro atoms. The van der Waals surface area contributed by atoms with Crippen molar-refractivity contribution in [2.75, 3.05) is 7.11 Å². The zero-order chi connectivity index (χ0) is 13.1. The van der Waals surface area contributed by atoms with E-state index in [0.29, 0.717) is 0 Å². The van der Waals surface area contributed by atoms with Crippen molar-refractivity contribution in [3.63, 3.8) is 0 Å². The van der Waals surface area contributed by atoms with Crippen LogP contribution in [0, 0.1) is 0 Å². The zero-order valence-corrected chi connectivity index (χ0v) is 11.3. The van der Waals surface area contributed by atoms with Crippen LogP contribution in [0.4, 0.5) is 13.2 Å². The third-order valence-corrected chi connectivity index (χ3v) is 7.68. The Balaban J connectivity index is 3.23. The fourth-order valence-electron chi connectivity index (χ4n) is 2.04. The van der Waals surface area contributed by atoms with Crippen LogP contribution in [0.15, 0.2) is 24.3 Å². The van der Waals surface area contributed by atoms with E-state index in [2.05, 4.69) is 0 Å². The molecule has 0 radical (unpaired) electrons. The third-order valence-electron chi connectivity index (χ3n) is 3.25. The number of alkyl halides is 3. The molecule has 0 bridgehead atoms. The molecule has 0 saturated carbocycles. The summed E-state index contributed by atoms with van der Waals surface area (Å²) in [5.74, 6) is 0. The van der Waals surface area contributed by atoms with E-state index in [0.717, 1.165) is 23.3 Å². The van der Waals surface area contributed by atoms with Crippen LogP contribution in [0.5, 0.6) is 0 Å². The van der Waals surface area contributed by atoms with Gasteiger partial charge in [-0.3, -0.25) is 0 Å². The molecule has 0 heterocycles. The summed E-state index contributed by atoms with van der Waals surface area (Å²) in [5.41, 5.74) is -0.592. The van der Waals surface area contributed by atoms with E-state index in [4.69, 9.17) is 4.43 Å². The van der Waals surface area contributed by atoms with Gasteiger partial charge in [-0.2, -0.15) is 13.2 Å². The predicted molar refractivity (Wildman–Crippen MR) is 64.8 cm³/mol. The lowest BCUT2D eigenvalue weighted by Crippen LogP contribution is -2.49. The van der Waals surface area contributed by atoms with E-state index in [1.165, 1.54) is 12.1 Å². The van der Waals surface area contributed by atoms with E-state index in [-0.39, 0.29) is 0 Å². The van der Waals surface area contributed by atoms with E-state index in [1.54, 1.807) is 13.2 Å². The SMILES string of the molecule is CC[Si](CC)(OC)c1cccc(C(F)(F)F)c1. The third kappa shape index (κ3) is 2.90. The van der Waals surface area contributed by atoms with Gasteiger partial charge in [-0.1, -0.05) is 32.0 Å². The summed E-state index contributed by atoms with van der Waals surface area (Å²) in [4.78, 5) is 0. The minimum atomic E-state index is -4.29. The lowest BCUT2D eigenvalue weighted by atomic mass is 10.2. The molecule has 0 aliphatic carbocycles. The highest BCUT2D eigenvalue weighted by atomic mass is 28.4. The van der Waals surface area contributed by atoms with Crippen LogP contribution in [0.3, 0.4) is 0 Å². The van der Waals surface area contributed by atoms with Gasteiger partial charge in [0.2, 0.25) is 8.32 Å². The lowest BCUT2D eigenvalue weighted by Gasteiger charge is -2.28. The molecule has 0 unspecified atom stereocenters. The second-order valence-electron chi connectivity index (χ2n) is 3.98. The smallest absolute Gasteiger partial charge is 0.416 e. The monoisotopic (exact) mass is 262 g/mol. The van der Waals surface area contributed by atoms with Gasteiger partial charge in [0.15, 0.2) is 0 Å². The van der Waals surface area contributed by atoms with Crippen molar-refractivity contribution in [3.8, 4) is 0 Å². The van der Waals surface area contributed by atoms with Gasteiger partial charge in [-0.25, -0.2) is 0 Å². The molecule has 0 aromatic heterocycles. The Labute approximate surface area is 101 Å². The van der Waals surface area contributed by atoms with Gasteiger partial charge in [-0.15, -0.1) is 0 Å². The van der Waals surface area contributed by atoms with Crippen LogP contribution in [0.25, 0.3) is 0 Å². The molecule has 1 aromatic carbocycles. The predicted octanol–water partition coefficient (Wildman–Crippen LogP) is 3.54. The number of halogens is 3. The van der Waals surface area contributed by atoms with Gasteiger partial charge in [0, 0.05) is 7.11 Å². The Kier molecular flexibility index (Phi) is 4.38. The van der Waals surface area contributed by atoms with Crippen molar-refractivity contribution >= 4 is 13.5 Å². The van der Waals surface area contributed by atoms with Crippen LogP contribution < -0.4 is 5.19 Å². The maximum Gasteiger partial charge on any atom is 0.416 e. The van der Waals surface area contributed by atoms with Crippen LogP contribution in [0.2, 0.25) is 12.1 Å². The molecule has 96 valence electrons. The minimum Gasteiger partial charge on any atom is -0.416 e. The molecular formula is C12H17F3OSi. The highest BCUT2D eigenvalue weighted by Crippen LogP contribution is 2.29.